The SMILES string of the molecule is CC(Sc1nnnn1-c1ccc(Cl)cc1)C(=O)Nc1ccccc1. The van der Waals surface area contributed by atoms with Crippen LogP contribution in [0.2, 0.25) is 5.02 Å². The highest BCUT2D eigenvalue weighted by Gasteiger charge is 2.19. The summed E-state index contributed by atoms with van der Waals surface area (Å²) >= 11 is 7.18. The van der Waals surface area contributed by atoms with Crippen LogP contribution in [0.15, 0.2) is 59.8 Å². The number of anilines is 1. The molecule has 0 bridgehead atoms. The van der Waals surface area contributed by atoms with Crippen LogP contribution in [0.25, 0.3) is 5.69 Å². The lowest BCUT2D eigenvalue weighted by Crippen LogP contribution is -2.22. The van der Waals surface area contributed by atoms with Crippen LogP contribution < -0.4 is 5.32 Å². The van der Waals surface area contributed by atoms with Crippen molar-refractivity contribution in [2.75, 3.05) is 5.32 Å². The predicted octanol–water partition coefficient (Wildman–Crippen LogP) is 3.44. The van der Waals surface area contributed by atoms with E-state index in [0.717, 1.165) is 11.4 Å². The topological polar surface area (TPSA) is 72.7 Å². The molecular formula is C16H14ClN5OS. The van der Waals surface area contributed by atoms with Gasteiger partial charge in [0.25, 0.3) is 0 Å². The van der Waals surface area contributed by atoms with Crippen LogP contribution in [0.5, 0.6) is 0 Å². The summed E-state index contributed by atoms with van der Waals surface area (Å²) in [7, 11) is 0. The maximum absolute atomic E-state index is 12.3. The number of carbonyl (C=O) groups is 1. The fraction of sp³-hybridized carbons (Fsp3) is 0.125. The monoisotopic (exact) mass is 359 g/mol. The van der Waals surface area contributed by atoms with Crippen molar-refractivity contribution in [3.8, 4) is 5.69 Å². The number of rotatable bonds is 5. The van der Waals surface area contributed by atoms with Gasteiger partial charge >= 0.3 is 0 Å². The zero-order valence-corrected chi connectivity index (χ0v) is 14.3. The molecule has 0 saturated heterocycles. The molecule has 1 unspecified atom stereocenters. The number of halogens is 1. The first-order valence-electron chi connectivity index (χ1n) is 7.20. The highest BCUT2D eigenvalue weighted by Crippen LogP contribution is 2.24. The largest absolute Gasteiger partial charge is 0.325 e. The van der Waals surface area contributed by atoms with Gasteiger partial charge in [-0.25, -0.2) is 0 Å². The van der Waals surface area contributed by atoms with E-state index in [1.54, 1.807) is 16.8 Å². The van der Waals surface area contributed by atoms with Gasteiger partial charge in [-0.3, -0.25) is 4.79 Å². The average Bonchev–Trinajstić information content (AvgIpc) is 3.04. The third-order valence-corrected chi connectivity index (χ3v) is 4.49. The quantitative estimate of drug-likeness (QED) is 0.706. The number of tetrazole rings is 1. The second-order valence-corrected chi connectivity index (χ2v) is 6.71. The Bertz CT molecular complexity index is 822. The third kappa shape index (κ3) is 3.93. The van der Waals surface area contributed by atoms with E-state index in [1.807, 2.05) is 49.4 Å². The number of nitrogens with zero attached hydrogens (tertiary/aromatic N) is 4. The summed E-state index contributed by atoms with van der Waals surface area (Å²) < 4.78 is 1.58. The summed E-state index contributed by atoms with van der Waals surface area (Å²) in [5.41, 5.74) is 1.54. The first kappa shape index (κ1) is 16.5. The van der Waals surface area contributed by atoms with Crippen LogP contribution >= 0.6 is 23.4 Å². The van der Waals surface area contributed by atoms with Gasteiger partial charge < -0.3 is 5.32 Å². The first-order valence-corrected chi connectivity index (χ1v) is 8.46. The number of hydrogen-bond acceptors (Lipinski definition) is 5. The van der Waals surface area contributed by atoms with Crippen molar-refractivity contribution >= 4 is 35.0 Å². The molecule has 6 nitrogen and oxygen atoms in total. The second kappa shape index (κ2) is 7.46. The normalized spacial score (nSPS) is 11.9. The molecule has 0 fully saturated rings. The zero-order chi connectivity index (χ0) is 16.9. The lowest BCUT2D eigenvalue weighted by atomic mass is 10.3. The Labute approximate surface area is 148 Å². The molecular weight excluding hydrogens is 346 g/mol. The number of para-hydroxylation sites is 1. The molecule has 0 aliphatic heterocycles. The maximum Gasteiger partial charge on any atom is 0.237 e. The van der Waals surface area contributed by atoms with Gasteiger partial charge in [0.15, 0.2) is 0 Å². The van der Waals surface area contributed by atoms with Crippen LogP contribution in [0, 0.1) is 0 Å². The van der Waals surface area contributed by atoms with E-state index in [0.29, 0.717) is 10.2 Å². The van der Waals surface area contributed by atoms with E-state index in [-0.39, 0.29) is 11.2 Å². The van der Waals surface area contributed by atoms with E-state index in [1.165, 1.54) is 11.8 Å². The van der Waals surface area contributed by atoms with Crippen LogP contribution in [0.1, 0.15) is 6.92 Å². The summed E-state index contributed by atoms with van der Waals surface area (Å²) in [6, 6.07) is 16.5. The minimum absolute atomic E-state index is 0.114. The Balaban J connectivity index is 1.71. The molecule has 0 spiro atoms. The van der Waals surface area contributed by atoms with Crippen molar-refractivity contribution in [3.05, 3.63) is 59.6 Å². The molecule has 2 aromatic carbocycles. The number of aromatic nitrogens is 4. The van der Waals surface area contributed by atoms with E-state index < -0.39 is 0 Å². The predicted molar refractivity (Wildman–Crippen MR) is 94.6 cm³/mol. The number of thioether (sulfide) groups is 1. The molecule has 0 aliphatic carbocycles. The van der Waals surface area contributed by atoms with Crippen LogP contribution in [-0.4, -0.2) is 31.4 Å². The molecule has 1 atom stereocenters. The molecule has 3 aromatic rings. The minimum atomic E-state index is -0.359. The lowest BCUT2D eigenvalue weighted by molar-refractivity contribution is -0.115. The molecule has 0 saturated carbocycles. The third-order valence-electron chi connectivity index (χ3n) is 3.20. The molecule has 3 rings (SSSR count). The second-order valence-electron chi connectivity index (χ2n) is 4.97. The summed E-state index contributed by atoms with van der Waals surface area (Å²) in [6.07, 6.45) is 0. The fourth-order valence-electron chi connectivity index (χ4n) is 1.97. The molecule has 0 aliphatic rings. The summed E-state index contributed by atoms with van der Waals surface area (Å²) in [5, 5.41) is 15.3. The molecule has 1 N–H and O–H groups in total. The number of carbonyl (C=O) groups excluding carboxylic acids is 1. The van der Waals surface area contributed by atoms with Gasteiger partial charge in [0.1, 0.15) is 0 Å². The van der Waals surface area contributed by atoms with Crippen molar-refractivity contribution in [2.24, 2.45) is 0 Å². The average molecular weight is 360 g/mol. The molecule has 1 heterocycles. The van der Waals surface area contributed by atoms with E-state index in [2.05, 4.69) is 20.8 Å². The van der Waals surface area contributed by atoms with Gasteiger partial charge in [0, 0.05) is 10.7 Å². The Kier molecular flexibility index (Phi) is 5.12. The summed E-state index contributed by atoms with van der Waals surface area (Å²) in [6.45, 7) is 1.81. The molecule has 0 radical (unpaired) electrons. The standard InChI is InChI=1S/C16H14ClN5OS/c1-11(15(23)18-13-5-3-2-4-6-13)24-16-19-20-21-22(16)14-9-7-12(17)8-10-14/h2-11H,1H3,(H,18,23). The van der Waals surface area contributed by atoms with Crippen molar-refractivity contribution in [1.29, 1.82) is 0 Å². The van der Waals surface area contributed by atoms with Gasteiger partial charge in [0.05, 0.1) is 10.9 Å². The van der Waals surface area contributed by atoms with Gasteiger partial charge in [-0.15, -0.1) is 5.10 Å². The number of amides is 1. The van der Waals surface area contributed by atoms with E-state index >= 15 is 0 Å². The summed E-state index contributed by atoms with van der Waals surface area (Å²) in [5.74, 6) is -0.114. The number of hydrogen-bond donors (Lipinski definition) is 1. The highest BCUT2D eigenvalue weighted by molar-refractivity contribution is 8.00. The number of benzene rings is 2. The molecule has 122 valence electrons. The Morgan fingerprint density at radius 3 is 2.58 bits per heavy atom. The van der Waals surface area contributed by atoms with E-state index in [9.17, 15) is 4.79 Å². The highest BCUT2D eigenvalue weighted by atomic mass is 35.5. The molecule has 8 heteroatoms. The van der Waals surface area contributed by atoms with Crippen LogP contribution in [0.3, 0.4) is 0 Å². The smallest absolute Gasteiger partial charge is 0.237 e. The Morgan fingerprint density at radius 1 is 1.17 bits per heavy atom. The Morgan fingerprint density at radius 2 is 1.88 bits per heavy atom. The molecule has 1 aromatic heterocycles. The van der Waals surface area contributed by atoms with Crippen molar-refractivity contribution < 1.29 is 4.79 Å². The van der Waals surface area contributed by atoms with E-state index in [4.69, 9.17) is 11.6 Å². The van der Waals surface area contributed by atoms with Gasteiger partial charge in [-0.05, 0) is 53.7 Å². The van der Waals surface area contributed by atoms with Gasteiger partial charge in [0.2, 0.25) is 11.1 Å². The van der Waals surface area contributed by atoms with Crippen molar-refractivity contribution in [2.45, 2.75) is 17.3 Å². The molecule has 24 heavy (non-hydrogen) atoms. The van der Waals surface area contributed by atoms with Crippen molar-refractivity contribution in [3.63, 3.8) is 0 Å². The maximum atomic E-state index is 12.3. The summed E-state index contributed by atoms with van der Waals surface area (Å²) in [4.78, 5) is 12.3. The first-order chi connectivity index (χ1) is 11.6. The van der Waals surface area contributed by atoms with Crippen molar-refractivity contribution in [1.82, 2.24) is 20.2 Å². The molecule has 1 amide bonds. The fourth-order valence-corrected chi connectivity index (χ4v) is 2.91. The van der Waals surface area contributed by atoms with Gasteiger partial charge in [-0.2, -0.15) is 4.68 Å². The Hall–Kier alpha value is -2.38. The lowest BCUT2D eigenvalue weighted by Gasteiger charge is -2.11. The zero-order valence-electron chi connectivity index (χ0n) is 12.8. The number of nitrogens with one attached hydrogen (secondary N) is 1. The van der Waals surface area contributed by atoms with Crippen LogP contribution in [-0.2, 0) is 4.79 Å². The minimum Gasteiger partial charge on any atom is -0.325 e. The van der Waals surface area contributed by atoms with Crippen LogP contribution in [0.4, 0.5) is 5.69 Å². The van der Waals surface area contributed by atoms with Gasteiger partial charge in [-0.1, -0.05) is 41.6 Å².